The van der Waals surface area contributed by atoms with Crippen molar-refractivity contribution >= 4 is 9.84 Å². The highest BCUT2D eigenvalue weighted by molar-refractivity contribution is 7.90. The van der Waals surface area contributed by atoms with Crippen molar-refractivity contribution in [2.75, 3.05) is 12.0 Å². The Hall–Kier alpha value is -3.87. The summed E-state index contributed by atoms with van der Waals surface area (Å²) in [6.07, 6.45) is 6.00. The van der Waals surface area contributed by atoms with Crippen LogP contribution in [-0.4, -0.2) is 60.5 Å². The molecule has 2 bridgehead atoms. The molecule has 0 saturated heterocycles. The third-order valence-electron chi connectivity index (χ3n) is 8.19. The van der Waals surface area contributed by atoms with Crippen molar-refractivity contribution in [1.82, 2.24) is 34.9 Å². The summed E-state index contributed by atoms with van der Waals surface area (Å²) in [6.45, 7) is 4.27. The van der Waals surface area contributed by atoms with Gasteiger partial charge in [-0.05, 0) is 41.9 Å². The quantitative estimate of drug-likeness (QED) is 0.381. The first-order valence-corrected chi connectivity index (χ1v) is 14.5. The minimum atomic E-state index is -3.16. The second kappa shape index (κ2) is 8.57. The highest BCUT2D eigenvalue weighted by atomic mass is 32.2. The number of aryl methyl sites for hydroxylation is 1. The van der Waals surface area contributed by atoms with Gasteiger partial charge in [-0.2, -0.15) is 9.78 Å². The fourth-order valence-electron chi connectivity index (χ4n) is 6.30. The molecule has 0 unspecified atom stereocenters. The van der Waals surface area contributed by atoms with Crippen LogP contribution in [0.25, 0.3) is 17.2 Å². The van der Waals surface area contributed by atoms with Crippen molar-refractivity contribution in [2.45, 2.75) is 44.4 Å². The zero-order chi connectivity index (χ0) is 27.7. The van der Waals surface area contributed by atoms with Crippen LogP contribution in [0.5, 0.6) is 5.75 Å². The van der Waals surface area contributed by atoms with Crippen LogP contribution < -0.4 is 0 Å². The molecule has 0 amide bonds. The molecule has 202 valence electrons. The van der Waals surface area contributed by atoms with E-state index in [1.54, 1.807) is 12.3 Å². The van der Waals surface area contributed by atoms with Gasteiger partial charge in [0.15, 0.2) is 5.82 Å². The highest BCUT2D eigenvalue weighted by Gasteiger charge is 2.65. The van der Waals surface area contributed by atoms with Gasteiger partial charge < -0.3 is 5.11 Å². The van der Waals surface area contributed by atoms with E-state index in [1.807, 2.05) is 6.07 Å². The van der Waals surface area contributed by atoms with Gasteiger partial charge in [-0.1, -0.05) is 13.8 Å². The van der Waals surface area contributed by atoms with Crippen LogP contribution in [0.4, 0.5) is 8.78 Å². The van der Waals surface area contributed by atoms with Gasteiger partial charge in [0.25, 0.3) is 5.95 Å². The number of aromatic hydroxyl groups is 1. The molecule has 2 aliphatic rings. The van der Waals surface area contributed by atoms with Crippen molar-refractivity contribution in [2.24, 2.45) is 5.41 Å². The topological polar surface area (TPSA) is 137 Å². The van der Waals surface area contributed by atoms with E-state index in [4.69, 9.17) is 4.98 Å². The van der Waals surface area contributed by atoms with Crippen LogP contribution in [0, 0.1) is 17.0 Å². The van der Waals surface area contributed by atoms with E-state index >= 15 is 0 Å². The molecular weight excluding hydrogens is 528 g/mol. The molecule has 3 aromatic heterocycles. The molecule has 1 fully saturated rings. The van der Waals surface area contributed by atoms with E-state index in [0.29, 0.717) is 11.5 Å². The summed E-state index contributed by atoms with van der Waals surface area (Å²) in [5, 5.41) is 22.6. The Morgan fingerprint density at radius 1 is 1.13 bits per heavy atom. The molecule has 2 aliphatic carbocycles. The third kappa shape index (κ3) is 3.89. The summed E-state index contributed by atoms with van der Waals surface area (Å²) in [5.41, 5.74) is 1.06. The van der Waals surface area contributed by atoms with Crippen molar-refractivity contribution in [3.63, 3.8) is 0 Å². The maximum absolute atomic E-state index is 14.6. The zero-order valence-corrected chi connectivity index (χ0v) is 22.2. The first-order valence-electron chi connectivity index (χ1n) is 12.4. The number of rotatable bonds is 6. The zero-order valence-electron chi connectivity index (χ0n) is 21.4. The smallest absolute Gasteiger partial charge is 0.252 e. The molecule has 39 heavy (non-hydrogen) atoms. The number of phenols is 1. The predicted octanol–water partition coefficient (Wildman–Crippen LogP) is 3.29. The van der Waals surface area contributed by atoms with Gasteiger partial charge in [-0.3, -0.25) is 0 Å². The number of phenolic OH excluding ortho intramolecular Hbond substituents is 1. The number of sulfone groups is 1. The number of nitrogens with zero attached hydrogens (tertiary/aromatic N) is 7. The highest BCUT2D eigenvalue weighted by Crippen LogP contribution is 2.69. The minimum absolute atomic E-state index is 0.0531. The van der Waals surface area contributed by atoms with Crippen molar-refractivity contribution < 1.29 is 22.3 Å². The van der Waals surface area contributed by atoms with Gasteiger partial charge in [0.2, 0.25) is 0 Å². The van der Waals surface area contributed by atoms with Crippen molar-refractivity contribution in [3.8, 4) is 23.0 Å². The molecule has 10 nitrogen and oxygen atoms in total. The molecule has 0 radical (unpaired) electrons. The summed E-state index contributed by atoms with van der Waals surface area (Å²) in [5.74, 6) is -1.69. The van der Waals surface area contributed by atoms with Crippen LogP contribution in [-0.2, 0) is 21.7 Å². The fourth-order valence-corrected chi connectivity index (χ4v) is 6.85. The number of hydrogen-bond acceptors (Lipinski definition) is 9. The summed E-state index contributed by atoms with van der Waals surface area (Å²) in [4.78, 5) is 13.4. The summed E-state index contributed by atoms with van der Waals surface area (Å²) in [6, 6.07) is 5.23. The summed E-state index contributed by atoms with van der Waals surface area (Å²) in [7, 11) is -3.16. The van der Waals surface area contributed by atoms with E-state index in [2.05, 4.69) is 39.1 Å². The average molecular weight is 554 g/mol. The molecular formula is C26H25F2N7O3S. The average Bonchev–Trinajstić information content (AvgIpc) is 3.50. The van der Waals surface area contributed by atoms with Crippen LogP contribution >= 0.6 is 0 Å². The summed E-state index contributed by atoms with van der Waals surface area (Å²) < 4.78 is 53.7. The van der Waals surface area contributed by atoms with Gasteiger partial charge in [0.05, 0.1) is 33.8 Å². The van der Waals surface area contributed by atoms with Gasteiger partial charge >= 0.3 is 0 Å². The first-order chi connectivity index (χ1) is 18.4. The number of aromatic nitrogens is 7. The standard InChI is InChI=1S/C26H25F2N7O3S/c1-25(2)16-4-7-26(25,23-15(16)12-19(32-33-23)22-17(27)10-14(36)11-18(22)28)20-5-8-29-24(31-20)35-13-30-21(34-35)6-9-39(3,37)38/h5,8,10-13,16,36H,4,6-7,9H2,1-3H3/t16-,26-/m0/s1. The molecule has 2 atom stereocenters. The Bertz CT molecular complexity index is 1720. The Balaban J connectivity index is 1.41. The molecule has 13 heteroatoms. The van der Waals surface area contributed by atoms with Gasteiger partial charge in [0, 0.05) is 31.0 Å². The summed E-state index contributed by atoms with van der Waals surface area (Å²) >= 11 is 0. The molecule has 1 saturated carbocycles. The van der Waals surface area contributed by atoms with Gasteiger partial charge in [-0.25, -0.2) is 32.2 Å². The number of halogens is 2. The lowest BCUT2D eigenvalue weighted by Crippen LogP contribution is -2.38. The molecule has 6 rings (SSSR count). The van der Waals surface area contributed by atoms with E-state index < -0.39 is 32.6 Å². The normalized spacial score (nSPS) is 21.3. The lowest BCUT2D eigenvalue weighted by Gasteiger charge is -2.37. The number of hydrogen-bond donors (Lipinski definition) is 1. The van der Waals surface area contributed by atoms with Crippen molar-refractivity contribution in [3.05, 3.63) is 71.2 Å². The van der Waals surface area contributed by atoms with Crippen molar-refractivity contribution in [1.29, 1.82) is 0 Å². The van der Waals surface area contributed by atoms with E-state index in [1.165, 1.54) is 11.0 Å². The van der Waals surface area contributed by atoms with Crippen LogP contribution in [0.15, 0.2) is 36.8 Å². The molecule has 1 N–H and O–H groups in total. The third-order valence-corrected chi connectivity index (χ3v) is 9.13. The Morgan fingerprint density at radius 2 is 1.87 bits per heavy atom. The molecule has 3 heterocycles. The SMILES string of the molecule is CC1(C)[C@H]2CC[C@]1(c1ccnc(-n3cnc(CCS(C)(=O)=O)n3)n1)c1nnc(-c3c(F)cc(O)cc3F)cc12. The van der Waals surface area contributed by atoms with Crippen LogP contribution in [0.3, 0.4) is 0 Å². The molecule has 4 aromatic rings. The minimum Gasteiger partial charge on any atom is -0.508 e. The largest absolute Gasteiger partial charge is 0.508 e. The van der Waals surface area contributed by atoms with E-state index in [9.17, 15) is 22.3 Å². The first kappa shape index (κ1) is 25.4. The number of fused-ring (bicyclic) bond motifs is 5. The lowest BCUT2D eigenvalue weighted by molar-refractivity contribution is 0.242. The van der Waals surface area contributed by atoms with Crippen LogP contribution in [0.2, 0.25) is 0 Å². The van der Waals surface area contributed by atoms with Gasteiger partial charge in [0.1, 0.15) is 33.5 Å². The molecule has 1 aromatic carbocycles. The fraction of sp³-hybridized carbons (Fsp3) is 0.385. The van der Waals surface area contributed by atoms with Crippen LogP contribution in [0.1, 0.15) is 55.4 Å². The maximum atomic E-state index is 14.6. The molecule has 0 aliphatic heterocycles. The second-order valence-corrected chi connectivity index (χ2v) is 13.0. The van der Waals surface area contributed by atoms with E-state index in [0.717, 1.165) is 42.5 Å². The predicted molar refractivity (Wildman–Crippen MR) is 136 cm³/mol. The Labute approximate surface area is 223 Å². The number of benzene rings is 1. The van der Waals surface area contributed by atoms with Gasteiger partial charge in [-0.15, -0.1) is 10.2 Å². The lowest BCUT2D eigenvalue weighted by atomic mass is 9.66. The maximum Gasteiger partial charge on any atom is 0.252 e. The monoisotopic (exact) mass is 553 g/mol. The molecule has 0 spiro atoms. The Morgan fingerprint density at radius 3 is 2.59 bits per heavy atom. The van der Waals surface area contributed by atoms with E-state index in [-0.39, 0.29) is 40.7 Å². The second-order valence-electron chi connectivity index (χ2n) is 10.8. The Kier molecular flexibility index (Phi) is 5.58.